The number of halogens is 1. The maximum absolute atomic E-state index is 13.5. The van der Waals surface area contributed by atoms with Gasteiger partial charge in [-0.15, -0.1) is 0 Å². The molecular weight excluding hydrogens is 518 g/mol. The van der Waals surface area contributed by atoms with Crippen LogP contribution < -0.4 is 15.3 Å². The lowest BCUT2D eigenvalue weighted by Crippen LogP contribution is -2.43. The molecule has 204 valence electrons. The molecule has 1 aliphatic rings. The average molecular weight is 550 g/mol. The standard InChI is InChI=1S/C30H32ClN3O5/c1-19-3-8-23(9-4-19)39-29(37)33-14-13-24-25-15-21(31)7-12-26(25)34(32)28(24)27(33)20-5-10-22(11-6-20)38-18-30(2,16-35)17-36/h3-12,15,27,35-36H,13-14,16-18,32H2,1-2H3/t27-/m0/s1. The number of aliphatic hydroxyl groups is 2. The van der Waals surface area contributed by atoms with Crippen LogP contribution in [0, 0.1) is 12.3 Å². The van der Waals surface area contributed by atoms with Gasteiger partial charge in [-0.1, -0.05) is 48.4 Å². The van der Waals surface area contributed by atoms with Crippen LogP contribution in [0.4, 0.5) is 4.79 Å². The van der Waals surface area contributed by atoms with Crippen LogP contribution in [0.25, 0.3) is 10.9 Å². The largest absolute Gasteiger partial charge is 0.493 e. The Kier molecular flexibility index (Phi) is 7.44. The lowest BCUT2D eigenvalue weighted by Gasteiger charge is -2.36. The fraction of sp³-hybridized carbons (Fsp3) is 0.300. The summed E-state index contributed by atoms with van der Waals surface area (Å²) in [5.41, 5.74) is 3.81. The number of aliphatic hydroxyl groups excluding tert-OH is 2. The number of aromatic nitrogens is 1. The van der Waals surface area contributed by atoms with E-state index in [1.54, 1.807) is 34.7 Å². The highest BCUT2D eigenvalue weighted by Gasteiger charge is 2.37. The molecule has 2 heterocycles. The second-order valence-corrected chi connectivity index (χ2v) is 10.8. The predicted molar refractivity (Wildman–Crippen MR) is 151 cm³/mol. The molecular formula is C30H32ClN3O5. The average Bonchev–Trinajstić information content (AvgIpc) is 3.23. The second-order valence-electron chi connectivity index (χ2n) is 10.4. The van der Waals surface area contributed by atoms with Crippen molar-refractivity contribution in [2.24, 2.45) is 5.41 Å². The zero-order valence-electron chi connectivity index (χ0n) is 21.9. The first kappa shape index (κ1) is 26.9. The van der Waals surface area contributed by atoms with Crippen molar-refractivity contribution >= 4 is 28.6 Å². The van der Waals surface area contributed by atoms with Crippen LogP contribution in [0.2, 0.25) is 5.02 Å². The van der Waals surface area contributed by atoms with Crippen molar-refractivity contribution in [2.75, 3.05) is 32.2 Å². The fourth-order valence-corrected chi connectivity index (χ4v) is 5.06. The van der Waals surface area contributed by atoms with Crippen molar-refractivity contribution in [3.05, 3.63) is 94.1 Å². The van der Waals surface area contributed by atoms with Gasteiger partial charge in [-0.3, -0.25) is 9.58 Å². The Morgan fingerprint density at radius 3 is 2.38 bits per heavy atom. The number of nitrogen functional groups attached to an aromatic ring is 1. The topological polar surface area (TPSA) is 110 Å². The van der Waals surface area contributed by atoms with Crippen molar-refractivity contribution < 1.29 is 24.5 Å². The van der Waals surface area contributed by atoms with E-state index in [4.69, 9.17) is 26.9 Å². The van der Waals surface area contributed by atoms with E-state index in [1.807, 2.05) is 55.5 Å². The number of amides is 1. The number of carbonyl (C=O) groups is 1. The number of nitrogens with zero attached hydrogens (tertiary/aromatic N) is 2. The molecule has 1 aliphatic heterocycles. The van der Waals surface area contributed by atoms with Crippen molar-refractivity contribution in [3.8, 4) is 11.5 Å². The van der Waals surface area contributed by atoms with E-state index < -0.39 is 17.6 Å². The molecule has 3 aromatic carbocycles. The SMILES string of the molecule is Cc1ccc(OC(=O)N2CCc3c(n(N)c4ccc(Cl)cc34)[C@@H]2c2ccc(OCC(C)(CO)CO)cc2)cc1. The molecule has 4 aromatic rings. The normalized spacial score (nSPS) is 15.3. The summed E-state index contributed by atoms with van der Waals surface area (Å²) < 4.78 is 13.3. The Labute approximate surface area is 232 Å². The minimum atomic E-state index is -0.755. The molecule has 0 radical (unpaired) electrons. The summed E-state index contributed by atoms with van der Waals surface area (Å²) in [7, 11) is 0. The van der Waals surface area contributed by atoms with Crippen LogP contribution in [0.15, 0.2) is 66.7 Å². The Bertz CT molecular complexity index is 1480. The highest BCUT2D eigenvalue weighted by atomic mass is 35.5. The Morgan fingerprint density at radius 1 is 1.05 bits per heavy atom. The molecule has 0 saturated carbocycles. The van der Waals surface area contributed by atoms with Crippen LogP contribution in [-0.4, -0.2) is 52.2 Å². The van der Waals surface area contributed by atoms with Crippen LogP contribution in [0.3, 0.4) is 0 Å². The van der Waals surface area contributed by atoms with Gasteiger partial charge < -0.3 is 25.5 Å². The molecule has 0 aliphatic carbocycles. The van der Waals surface area contributed by atoms with Crippen molar-refractivity contribution in [2.45, 2.75) is 26.3 Å². The molecule has 0 spiro atoms. The summed E-state index contributed by atoms with van der Waals surface area (Å²) in [6.45, 7) is 3.90. The van der Waals surface area contributed by atoms with E-state index in [0.717, 1.165) is 33.3 Å². The minimum Gasteiger partial charge on any atom is -0.493 e. The van der Waals surface area contributed by atoms with E-state index in [2.05, 4.69) is 0 Å². The van der Waals surface area contributed by atoms with Gasteiger partial charge in [0.25, 0.3) is 0 Å². The number of fused-ring (bicyclic) bond motifs is 3. The number of hydrogen-bond acceptors (Lipinski definition) is 6. The zero-order chi connectivity index (χ0) is 27.7. The maximum Gasteiger partial charge on any atom is 0.416 e. The number of hydrogen-bond donors (Lipinski definition) is 3. The summed E-state index contributed by atoms with van der Waals surface area (Å²) in [6, 6.07) is 19.8. The number of ether oxygens (including phenoxy) is 2. The number of carbonyl (C=O) groups excluding carboxylic acids is 1. The second kappa shape index (κ2) is 10.8. The van der Waals surface area contributed by atoms with Gasteiger partial charge in [0.1, 0.15) is 17.5 Å². The third-order valence-electron chi connectivity index (χ3n) is 7.29. The van der Waals surface area contributed by atoms with Crippen LogP contribution in [0.1, 0.15) is 35.3 Å². The minimum absolute atomic E-state index is 0.153. The van der Waals surface area contributed by atoms with Crippen LogP contribution in [0.5, 0.6) is 11.5 Å². The molecule has 1 aromatic heterocycles. The molecule has 0 saturated heterocycles. The molecule has 8 nitrogen and oxygen atoms in total. The fourth-order valence-electron chi connectivity index (χ4n) is 4.89. The third kappa shape index (κ3) is 5.28. The summed E-state index contributed by atoms with van der Waals surface area (Å²) >= 11 is 6.32. The number of benzene rings is 3. The summed E-state index contributed by atoms with van der Waals surface area (Å²) in [5.74, 6) is 7.70. The Morgan fingerprint density at radius 2 is 1.72 bits per heavy atom. The van der Waals surface area contributed by atoms with Gasteiger partial charge in [-0.25, -0.2) is 4.79 Å². The monoisotopic (exact) mass is 549 g/mol. The van der Waals surface area contributed by atoms with Crippen LogP contribution >= 0.6 is 11.6 Å². The van der Waals surface area contributed by atoms with E-state index in [-0.39, 0.29) is 19.8 Å². The van der Waals surface area contributed by atoms with Crippen molar-refractivity contribution in [3.63, 3.8) is 0 Å². The third-order valence-corrected chi connectivity index (χ3v) is 7.53. The summed E-state index contributed by atoms with van der Waals surface area (Å²) in [5, 5.41) is 20.7. The summed E-state index contributed by atoms with van der Waals surface area (Å²) in [4.78, 5) is 15.2. The summed E-state index contributed by atoms with van der Waals surface area (Å²) in [6.07, 6.45) is 0.123. The first-order chi connectivity index (χ1) is 18.7. The molecule has 0 fully saturated rings. The molecule has 1 amide bonds. The van der Waals surface area contributed by atoms with Crippen LogP contribution in [-0.2, 0) is 6.42 Å². The zero-order valence-corrected chi connectivity index (χ0v) is 22.7. The number of rotatable bonds is 7. The van der Waals surface area contributed by atoms with Gasteiger partial charge in [-0.2, -0.15) is 0 Å². The lowest BCUT2D eigenvalue weighted by atomic mass is 9.92. The number of nitrogens with two attached hydrogens (primary N) is 1. The Hall–Kier alpha value is -3.72. The molecule has 39 heavy (non-hydrogen) atoms. The van der Waals surface area contributed by atoms with Gasteiger partial charge in [0, 0.05) is 22.4 Å². The lowest BCUT2D eigenvalue weighted by molar-refractivity contribution is 0.0287. The van der Waals surface area contributed by atoms with E-state index in [0.29, 0.717) is 29.5 Å². The van der Waals surface area contributed by atoms with E-state index in [1.165, 1.54) is 0 Å². The maximum atomic E-state index is 13.5. The van der Waals surface area contributed by atoms with Gasteiger partial charge in [0.2, 0.25) is 0 Å². The highest BCUT2D eigenvalue weighted by Crippen LogP contribution is 2.41. The Balaban J connectivity index is 1.52. The van der Waals surface area contributed by atoms with Crippen molar-refractivity contribution in [1.82, 2.24) is 9.58 Å². The van der Waals surface area contributed by atoms with Gasteiger partial charge in [-0.05, 0) is 66.9 Å². The molecule has 1 atom stereocenters. The predicted octanol–water partition coefficient (Wildman–Crippen LogP) is 4.83. The van der Waals surface area contributed by atoms with Crippen molar-refractivity contribution in [1.29, 1.82) is 0 Å². The first-order valence-corrected chi connectivity index (χ1v) is 13.2. The van der Waals surface area contributed by atoms with Gasteiger partial charge in [0.15, 0.2) is 0 Å². The molecule has 0 bridgehead atoms. The molecule has 0 unspecified atom stereocenters. The molecule has 9 heteroatoms. The molecule has 5 rings (SSSR count). The quantitative estimate of drug-likeness (QED) is 0.285. The molecule has 4 N–H and O–H groups in total. The number of aryl methyl sites for hydroxylation is 1. The van der Waals surface area contributed by atoms with Gasteiger partial charge in [0.05, 0.1) is 31.0 Å². The smallest absolute Gasteiger partial charge is 0.416 e. The highest BCUT2D eigenvalue weighted by molar-refractivity contribution is 6.31. The van der Waals surface area contributed by atoms with E-state index >= 15 is 0 Å². The van der Waals surface area contributed by atoms with E-state index in [9.17, 15) is 15.0 Å². The first-order valence-electron chi connectivity index (χ1n) is 12.8. The van der Waals surface area contributed by atoms with Gasteiger partial charge >= 0.3 is 6.09 Å².